The lowest BCUT2D eigenvalue weighted by Crippen LogP contribution is -2.43. The molecule has 2 atom stereocenters. The van der Waals surface area contributed by atoms with E-state index in [1.54, 1.807) is 17.1 Å². The summed E-state index contributed by atoms with van der Waals surface area (Å²) in [6.07, 6.45) is 3.34. The van der Waals surface area contributed by atoms with E-state index in [4.69, 9.17) is 9.15 Å². The van der Waals surface area contributed by atoms with Gasteiger partial charge in [-0.15, -0.1) is 15.3 Å². The van der Waals surface area contributed by atoms with E-state index in [0.717, 1.165) is 11.0 Å². The van der Waals surface area contributed by atoms with Gasteiger partial charge in [0, 0.05) is 11.6 Å². The Hall–Kier alpha value is -3.31. The van der Waals surface area contributed by atoms with Gasteiger partial charge in [-0.25, -0.2) is 9.48 Å². The molecular weight excluding hydrogens is 382 g/mol. The SMILES string of the molecule is O=C(Nc1nnc(-c2cc3ccccc3o2)s1)N[C@H]1COC[C@H]1n1ccnn1. The molecule has 0 aliphatic carbocycles. The molecule has 2 N–H and O–H groups in total. The Balaban J connectivity index is 1.26. The molecule has 4 heterocycles. The third kappa shape index (κ3) is 3.21. The van der Waals surface area contributed by atoms with Crippen LogP contribution in [0.4, 0.5) is 9.93 Å². The molecule has 0 spiro atoms. The second-order valence-electron chi connectivity index (χ2n) is 6.25. The Kier molecular flexibility index (Phi) is 4.22. The molecule has 4 aromatic rings. The van der Waals surface area contributed by atoms with Crippen LogP contribution < -0.4 is 10.6 Å². The number of amides is 2. The first-order chi connectivity index (χ1) is 13.8. The molecular formula is C17H15N7O3S. The largest absolute Gasteiger partial charge is 0.453 e. The van der Waals surface area contributed by atoms with Gasteiger partial charge in [0.05, 0.1) is 31.5 Å². The van der Waals surface area contributed by atoms with E-state index in [9.17, 15) is 4.79 Å². The van der Waals surface area contributed by atoms with E-state index in [1.165, 1.54) is 11.3 Å². The number of para-hydroxylation sites is 1. The van der Waals surface area contributed by atoms with Gasteiger partial charge in [0.15, 0.2) is 10.8 Å². The van der Waals surface area contributed by atoms with Crippen molar-refractivity contribution in [2.24, 2.45) is 0 Å². The van der Waals surface area contributed by atoms with E-state index >= 15 is 0 Å². The lowest BCUT2D eigenvalue weighted by Gasteiger charge is -2.18. The molecule has 1 aromatic carbocycles. The van der Waals surface area contributed by atoms with Crippen molar-refractivity contribution < 1.29 is 13.9 Å². The predicted octanol–water partition coefficient (Wildman–Crippen LogP) is 2.30. The van der Waals surface area contributed by atoms with Gasteiger partial charge in [-0.05, 0) is 12.1 Å². The molecule has 0 unspecified atom stereocenters. The summed E-state index contributed by atoms with van der Waals surface area (Å²) in [7, 11) is 0. The second-order valence-corrected chi connectivity index (χ2v) is 7.23. The first kappa shape index (κ1) is 16.8. The molecule has 0 radical (unpaired) electrons. The van der Waals surface area contributed by atoms with Crippen molar-refractivity contribution in [1.82, 2.24) is 30.5 Å². The number of anilines is 1. The number of nitrogens with one attached hydrogen (secondary N) is 2. The van der Waals surface area contributed by atoms with Gasteiger partial charge in [-0.1, -0.05) is 34.7 Å². The maximum Gasteiger partial charge on any atom is 0.321 e. The normalized spacial score (nSPS) is 19.1. The number of furan rings is 1. The highest BCUT2D eigenvalue weighted by molar-refractivity contribution is 7.18. The molecule has 142 valence electrons. The first-order valence-electron chi connectivity index (χ1n) is 8.60. The topological polar surface area (TPSA) is 120 Å². The van der Waals surface area contributed by atoms with Gasteiger partial charge in [-0.3, -0.25) is 5.32 Å². The molecule has 10 nitrogen and oxygen atoms in total. The van der Waals surface area contributed by atoms with Gasteiger partial charge < -0.3 is 14.5 Å². The van der Waals surface area contributed by atoms with Crippen molar-refractivity contribution in [3.8, 4) is 10.8 Å². The van der Waals surface area contributed by atoms with Crippen molar-refractivity contribution in [3.05, 3.63) is 42.7 Å². The summed E-state index contributed by atoms with van der Waals surface area (Å²) in [5.74, 6) is 0.614. The Labute approximate surface area is 162 Å². The third-order valence-electron chi connectivity index (χ3n) is 4.43. The lowest BCUT2D eigenvalue weighted by atomic mass is 10.2. The predicted molar refractivity (Wildman–Crippen MR) is 101 cm³/mol. The van der Waals surface area contributed by atoms with Crippen LogP contribution in [0.1, 0.15) is 6.04 Å². The van der Waals surface area contributed by atoms with Crippen LogP contribution in [0.3, 0.4) is 0 Å². The molecule has 0 saturated carbocycles. The van der Waals surface area contributed by atoms with Gasteiger partial charge in [0.1, 0.15) is 5.58 Å². The maximum absolute atomic E-state index is 12.4. The molecule has 1 aliphatic heterocycles. The lowest BCUT2D eigenvalue weighted by molar-refractivity contribution is 0.181. The summed E-state index contributed by atoms with van der Waals surface area (Å²) in [5, 5.41) is 23.5. The highest BCUT2D eigenvalue weighted by Gasteiger charge is 2.31. The minimum atomic E-state index is -0.382. The number of hydrogen-bond acceptors (Lipinski definition) is 8. The van der Waals surface area contributed by atoms with E-state index < -0.39 is 0 Å². The fraction of sp³-hybridized carbons (Fsp3) is 0.235. The van der Waals surface area contributed by atoms with E-state index in [-0.39, 0.29) is 18.1 Å². The minimum Gasteiger partial charge on any atom is -0.453 e. The number of urea groups is 1. The smallest absolute Gasteiger partial charge is 0.321 e. The van der Waals surface area contributed by atoms with Crippen LogP contribution in [0.2, 0.25) is 0 Å². The molecule has 2 amide bonds. The average Bonchev–Trinajstić information content (AvgIpc) is 3.47. The van der Waals surface area contributed by atoms with Crippen molar-refractivity contribution in [2.75, 3.05) is 18.5 Å². The van der Waals surface area contributed by atoms with Crippen LogP contribution in [0.25, 0.3) is 21.7 Å². The third-order valence-corrected chi connectivity index (χ3v) is 5.28. The van der Waals surface area contributed by atoms with Gasteiger partial charge in [0.25, 0.3) is 0 Å². The molecule has 0 bridgehead atoms. The van der Waals surface area contributed by atoms with Gasteiger partial charge >= 0.3 is 6.03 Å². The fourth-order valence-electron chi connectivity index (χ4n) is 3.10. The molecule has 11 heteroatoms. The number of fused-ring (bicyclic) bond motifs is 1. The maximum atomic E-state index is 12.4. The summed E-state index contributed by atoms with van der Waals surface area (Å²) >= 11 is 1.24. The number of carbonyl (C=O) groups is 1. The molecule has 3 aromatic heterocycles. The van der Waals surface area contributed by atoms with Gasteiger partial charge in [-0.2, -0.15) is 0 Å². The van der Waals surface area contributed by atoms with E-state index in [1.807, 2.05) is 30.3 Å². The summed E-state index contributed by atoms with van der Waals surface area (Å²) in [6, 6.07) is 8.90. The van der Waals surface area contributed by atoms with Crippen LogP contribution >= 0.6 is 11.3 Å². The molecule has 1 saturated heterocycles. The monoisotopic (exact) mass is 397 g/mol. The molecule has 1 fully saturated rings. The molecule has 1 aliphatic rings. The Morgan fingerprint density at radius 3 is 3.04 bits per heavy atom. The second kappa shape index (κ2) is 7.02. The summed E-state index contributed by atoms with van der Waals surface area (Å²) in [6.45, 7) is 0.863. The van der Waals surface area contributed by atoms with Crippen molar-refractivity contribution in [1.29, 1.82) is 0 Å². The van der Waals surface area contributed by atoms with E-state index in [0.29, 0.717) is 29.1 Å². The zero-order valence-electron chi connectivity index (χ0n) is 14.5. The summed E-state index contributed by atoms with van der Waals surface area (Å²) < 4.78 is 12.9. The number of rotatable bonds is 4. The highest BCUT2D eigenvalue weighted by Crippen LogP contribution is 2.31. The minimum absolute atomic E-state index is 0.103. The zero-order valence-corrected chi connectivity index (χ0v) is 15.3. The van der Waals surface area contributed by atoms with Crippen LogP contribution in [-0.4, -0.2) is 50.5 Å². The van der Waals surface area contributed by atoms with Crippen LogP contribution in [0.15, 0.2) is 47.1 Å². The Bertz CT molecular complexity index is 1070. The molecule has 5 rings (SSSR count). The summed E-state index contributed by atoms with van der Waals surface area (Å²) in [4.78, 5) is 12.4. The Morgan fingerprint density at radius 2 is 2.18 bits per heavy atom. The quantitative estimate of drug-likeness (QED) is 0.542. The first-order valence-corrected chi connectivity index (χ1v) is 9.41. The zero-order chi connectivity index (χ0) is 18.9. The highest BCUT2D eigenvalue weighted by atomic mass is 32.1. The van der Waals surface area contributed by atoms with Crippen molar-refractivity contribution >= 4 is 33.5 Å². The number of hydrogen-bond donors (Lipinski definition) is 2. The van der Waals surface area contributed by atoms with Crippen LogP contribution in [0.5, 0.6) is 0 Å². The summed E-state index contributed by atoms with van der Waals surface area (Å²) in [5.41, 5.74) is 0.778. The number of benzene rings is 1. The van der Waals surface area contributed by atoms with Crippen LogP contribution in [-0.2, 0) is 4.74 Å². The van der Waals surface area contributed by atoms with E-state index in [2.05, 4.69) is 31.1 Å². The number of aromatic nitrogens is 5. The average molecular weight is 397 g/mol. The molecule has 28 heavy (non-hydrogen) atoms. The van der Waals surface area contributed by atoms with Crippen LogP contribution in [0, 0.1) is 0 Å². The van der Waals surface area contributed by atoms with Crippen molar-refractivity contribution in [2.45, 2.75) is 12.1 Å². The number of nitrogens with zero attached hydrogens (tertiary/aromatic N) is 5. The number of ether oxygens (including phenoxy) is 1. The standard InChI is InChI=1S/C17H15N7O3S/c25-16(19-11-8-26-9-12(11)24-6-5-18-23-24)20-17-22-21-15(28-17)14-7-10-3-1-2-4-13(10)27-14/h1-7,11-12H,8-9H2,(H2,19,20,22,25)/t11-,12+/m0/s1. The van der Waals surface area contributed by atoms with Gasteiger partial charge in [0.2, 0.25) is 5.13 Å². The van der Waals surface area contributed by atoms with Crippen molar-refractivity contribution in [3.63, 3.8) is 0 Å². The fourth-order valence-corrected chi connectivity index (χ4v) is 3.79. The Morgan fingerprint density at radius 1 is 1.25 bits per heavy atom. The number of carbonyl (C=O) groups excluding carboxylic acids is 1.